The molecule has 0 N–H and O–H groups in total. The number of aliphatic imine (C=N–C) groups is 1. The summed E-state index contributed by atoms with van der Waals surface area (Å²) in [5, 5.41) is 0. The number of carbonyl (C=O) groups is 2. The molecule has 1 aliphatic rings. The zero-order chi connectivity index (χ0) is 12.0. The zero-order valence-corrected chi connectivity index (χ0v) is 9.86. The maximum absolute atomic E-state index is 11.6. The van der Waals surface area contributed by atoms with E-state index in [2.05, 4.69) is 4.99 Å². The highest BCUT2D eigenvalue weighted by atomic mass is 16.5. The Morgan fingerprint density at radius 3 is 2.50 bits per heavy atom. The first-order valence-electron chi connectivity index (χ1n) is 5.62. The van der Waals surface area contributed by atoms with E-state index in [9.17, 15) is 9.59 Å². The van der Waals surface area contributed by atoms with Crippen LogP contribution >= 0.6 is 0 Å². The summed E-state index contributed by atoms with van der Waals surface area (Å²) >= 11 is 0. The van der Waals surface area contributed by atoms with E-state index in [0.29, 0.717) is 12.3 Å². The molecule has 0 aliphatic carbocycles. The molecule has 0 unspecified atom stereocenters. The summed E-state index contributed by atoms with van der Waals surface area (Å²) < 4.78 is 4.77. The van der Waals surface area contributed by atoms with Gasteiger partial charge in [-0.25, -0.2) is 9.79 Å². The topological polar surface area (TPSA) is 59.0 Å². The maximum Gasteiger partial charge on any atom is 0.343 e. The molecule has 1 aliphatic heterocycles. The largest absolute Gasteiger partial charge is 0.466 e. The summed E-state index contributed by atoms with van der Waals surface area (Å²) in [5.74, 6) is -0.335. The van der Waals surface area contributed by atoms with Crippen molar-refractivity contribution in [3.8, 4) is 0 Å². The molecule has 0 aromatic heterocycles. The summed E-state index contributed by atoms with van der Waals surface area (Å²) in [6.45, 7) is 5.32. The quantitative estimate of drug-likeness (QED) is 0.542. The molecule has 0 bridgehead atoms. The van der Waals surface area contributed by atoms with Gasteiger partial charge in [-0.1, -0.05) is 0 Å². The lowest BCUT2D eigenvalue weighted by Gasteiger charge is -2.11. The second-order valence-corrected chi connectivity index (χ2v) is 3.81. The van der Waals surface area contributed by atoms with Crippen molar-refractivity contribution in [2.75, 3.05) is 19.7 Å². The standard InChI is InChI=1S/C11H18N2O3/c1-3-16-10(14)8-9(2)12-11(15)13-6-4-5-7-13/h3-8H2,1-2H3. The average Bonchev–Trinajstić information content (AvgIpc) is 2.69. The number of hydrogen-bond acceptors (Lipinski definition) is 3. The number of likely N-dealkylation sites (tertiary alicyclic amines) is 1. The Kier molecular flexibility index (Phi) is 4.95. The highest BCUT2D eigenvalue weighted by Crippen LogP contribution is 2.09. The van der Waals surface area contributed by atoms with E-state index in [4.69, 9.17) is 4.74 Å². The van der Waals surface area contributed by atoms with Crippen LogP contribution in [0, 0.1) is 0 Å². The lowest BCUT2D eigenvalue weighted by atomic mass is 10.3. The Bertz CT molecular complexity index is 294. The van der Waals surface area contributed by atoms with Crippen molar-refractivity contribution < 1.29 is 14.3 Å². The molecule has 0 spiro atoms. The van der Waals surface area contributed by atoms with Gasteiger partial charge in [-0.3, -0.25) is 4.79 Å². The summed E-state index contributed by atoms with van der Waals surface area (Å²) in [6, 6.07) is -0.237. The predicted octanol–water partition coefficient (Wildman–Crippen LogP) is 1.62. The highest BCUT2D eigenvalue weighted by Gasteiger charge is 2.17. The number of rotatable bonds is 3. The fourth-order valence-corrected chi connectivity index (χ4v) is 1.60. The Labute approximate surface area is 95.5 Å². The van der Waals surface area contributed by atoms with Gasteiger partial charge in [0.25, 0.3) is 0 Å². The van der Waals surface area contributed by atoms with Crippen molar-refractivity contribution in [3.05, 3.63) is 0 Å². The molecular formula is C11H18N2O3. The van der Waals surface area contributed by atoms with Crippen LogP contribution in [0.1, 0.15) is 33.1 Å². The molecule has 2 amide bonds. The Morgan fingerprint density at radius 1 is 1.31 bits per heavy atom. The van der Waals surface area contributed by atoms with Crippen molar-refractivity contribution in [3.63, 3.8) is 0 Å². The molecule has 5 heteroatoms. The van der Waals surface area contributed by atoms with Gasteiger partial charge in [-0.15, -0.1) is 0 Å². The lowest BCUT2D eigenvalue weighted by molar-refractivity contribution is -0.141. The van der Waals surface area contributed by atoms with Crippen molar-refractivity contribution in [1.82, 2.24) is 4.90 Å². The minimum atomic E-state index is -0.335. The number of ether oxygens (including phenoxy) is 1. The molecule has 0 aromatic rings. The number of esters is 1. The van der Waals surface area contributed by atoms with E-state index in [1.165, 1.54) is 0 Å². The molecule has 0 aromatic carbocycles. The summed E-state index contributed by atoms with van der Waals surface area (Å²) in [6.07, 6.45) is 2.17. The zero-order valence-electron chi connectivity index (χ0n) is 9.86. The van der Waals surface area contributed by atoms with Crippen LogP contribution in [0.15, 0.2) is 4.99 Å². The summed E-state index contributed by atoms with van der Waals surface area (Å²) in [4.78, 5) is 28.3. The number of urea groups is 1. The fraction of sp³-hybridized carbons (Fsp3) is 0.727. The van der Waals surface area contributed by atoms with Crippen LogP contribution in [0.25, 0.3) is 0 Å². The van der Waals surface area contributed by atoms with Crippen LogP contribution in [0.2, 0.25) is 0 Å². The Morgan fingerprint density at radius 2 is 1.94 bits per heavy atom. The number of nitrogens with zero attached hydrogens (tertiary/aromatic N) is 2. The second kappa shape index (κ2) is 6.25. The van der Waals surface area contributed by atoms with Gasteiger partial charge in [0.1, 0.15) is 0 Å². The van der Waals surface area contributed by atoms with Crippen LogP contribution in [0.3, 0.4) is 0 Å². The predicted molar refractivity (Wildman–Crippen MR) is 60.6 cm³/mol. The lowest BCUT2D eigenvalue weighted by Crippen LogP contribution is -2.25. The molecule has 16 heavy (non-hydrogen) atoms. The van der Waals surface area contributed by atoms with Crippen molar-refractivity contribution >= 4 is 17.7 Å². The monoisotopic (exact) mass is 226 g/mol. The Hall–Kier alpha value is -1.39. The van der Waals surface area contributed by atoms with E-state index >= 15 is 0 Å². The van der Waals surface area contributed by atoms with Crippen LogP contribution in [-0.4, -0.2) is 42.3 Å². The molecule has 1 saturated heterocycles. The number of hydrogen-bond donors (Lipinski definition) is 0. The van der Waals surface area contributed by atoms with Gasteiger partial charge in [0.2, 0.25) is 0 Å². The smallest absolute Gasteiger partial charge is 0.343 e. The van der Waals surface area contributed by atoms with Gasteiger partial charge in [0.05, 0.1) is 13.0 Å². The first-order chi connectivity index (χ1) is 7.63. The Balaban J connectivity index is 2.42. The normalized spacial score (nSPS) is 16.4. The first-order valence-corrected chi connectivity index (χ1v) is 5.62. The fourth-order valence-electron chi connectivity index (χ4n) is 1.60. The van der Waals surface area contributed by atoms with E-state index in [0.717, 1.165) is 25.9 Å². The van der Waals surface area contributed by atoms with Crippen molar-refractivity contribution in [2.24, 2.45) is 4.99 Å². The van der Waals surface area contributed by atoms with E-state index < -0.39 is 0 Å². The highest BCUT2D eigenvalue weighted by molar-refractivity contribution is 6.02. The maximum atomic E-state index is 11.6. The van der Waals surface area contributed by atoms with Crippen molar-refractivity contribution in [2.45, 2.75) is 33.1 Å². The minimum Gasteiger partial charge on any atom is -0.466 e. The van der Waals surface area contributed by atoms with E-state index in [1.54, 1.807) is 18.7 Å². The van der Waals surface area contributed by atoms with Crippen LogP contribution in [-0.2, 0) is 9.53 Å². The third-order valence-electron chi connectivity index (χ3n) is 2.37. The van der Waals surface area contributed by atoms with Gasteiger partial charge in [0.15, 0.2) is 0 Å². The molecule has 1 fully saturated rings. The van der Waals surface area contributed by atoms with Gasteiger partial charge in [-0.2, -0.15) is 0 Å². The molecular weight excluding hydrogens is 208 g/mol. The molecule has 0 atom stereocenters. The minimum absolute atomic E-state index is 0.0907. The van der Waals surface area contributed by atoms with Crippen molar-refractivity contribution in [1.29, 1.82) is 0 Å². The summed E-state index contributed by atoms with van der Waals surface area (Å²) in [7, 11) is 0. The molecule has 0 radical (unpaired) electrons. The SMILES string of the molecule is CCOC(=O)CC(C)=NC(=O)N1CCCC1. The van der Waals surface area contributed by atoms with Gasteiger partial charge < -0.3 is 9.64 Å². The van der Waals surface area contributed by atoms with E-state index in [1.807, 2.05) is 0 Å². The third kappa shape index (κ3) is 4.00. The second-order valence-electron chi connectivity index (χ2n) is 3.81. The van der Waals surface area contributed by atoms with Gasteiger partial charge in [-0.05, 0) is 26.7 Å². The molecule has 0 saturated carbocycles. The van der Waals surface area contributed by atoms with Gasteiger partial charge >= 0.3 is 12.0 Å². The number of amides is 2. The molecule has 1 heterocycles. The number of carbonyl (C=O) groups excluding carboxylic acids is 2. The third-order valence-corrected chi connectivity index (χ3v) is 2.37. The van der Waals surface area contributed by atoms with E-state index in [-0.39, 0.29) is 18.4 Å². The molecule has 1 rings (SSSR count). The molecule has 90 valence electrons. The average molecular weight is 226 g/mol. The molecule has 5 nitrogen and oxygen atoms in total. The van der Waals surface area contributed by atoms with Gasteiger partial charge in [0, 0.05) is 18.8 Å². The van der Waals surface area contributed by atoms with Crippen LogP contribution < -0.4 is 0 Å². The van der Waals surface area contributed by atoms with Crippen LogP contribution in [0.4, 0.5) is 4.79 Å². The first kappa shape index (κ1) is 12.7. The van der Waals surface area contributed by atoms with Crippen LogP contribution in [0.5, 0.6) is 0 Å². The summed E-state index contributed by atoms with van der Waals surface area (Å²) in [5.41, 5.74) is 0.510.